The average molecular weight is 490 g/mol. The molecule has 2 N–H and O–H groups in total. The molecule has 2 aromatic rings. The maximum absolute atomic E-state index is 5.63. The summed E-state index contributed by atoms with van der Waals surface area (Å²) in [5.41, 5.74) is 10.4. The van der Waals surface area contributed by atoms with Crippen LogP contribution in [0.25, 0.3) is 0 Å². The number of anilines is 2. The normalized spacial score (nSPS) is 25.3. The number of ether oxygens (including phenoxy) is 2. The van der Waals surface area contributed by atoms with E-state index >= 15 is 0 Å². The second-order valence-electron chi connectivity index (χ2n) is 11.0. The summed E-state index contributed by atoms with van der Waals surface area (Å²) in [4.78, 5) is 7.80. The fraction of sp³-hybridized carbons (Fsp3) is 0.586. The minimum absolute atomic E-state index is 0.349. The average Bonchev–Trinajstić information content (AvgIpc) is 2.92. The van der Waals surface area contributed by atoms with Crippen LogP contribution < -0.4 is 20.4 Å². The summed E-state index contributed by atoms with van der Waals surface area (Å²) in [7, 11) is 0. The van der Waals surface area contributed by atoms with E-state index in [4.69, 9.17) is 9.47 Å². The van der Waals surface area contributed by atoms with Gasteiger partial charge in [0.25, 0.3) is 0 Å². The zero-order valence-corrected chi connectivity index (χ0v) is 21.3. The highest BCUT2D eigenvalue weighted by Crippen LogP contribution is 2.38. The van der Waals surface area contributed by atoms with E-state index in [9.17, 15) is 0 Å². The van der Waals surface area contributed by atoms with Crippen LogP contribution in [0.2, 0.25) is 0 Å². The Hall–Kier alpha value is -2.16. The van der Waals surface area contributed by atoms with E-state index in [0.29, 0.717) is 12.1 Å². The quantitative estimate of drug-likeness (QED) is 0.682. The van der Waals surface area contributed by atoms with Crippen molar-refractivity contribution in [3.8, 4) is 0 Å². The van der Waals surface area contributed by atoms with Crippen molar-refractivity contribution in [2.24, 2.45) is 0 Å². The molecule has 0 saturated carbocycles. The highest BCUT2D eigenvalue weighted by atomic mass is 16.5. The summed E-state index contributed by atoms with van der Waals surface area (Å²) in [6, 6.07) is 12.9. The summed E-state index contributed by atoms with van der Waals surface area (Å²) in [6.07, 6.45) is 2.18. The van der Waals surface area contributed by atoms with Crippen molar-refractivity contribution >= 4 is 11.4 Å². The lowest BCUT2D eigenvalue weighted by atomic mass is 9.86. The second-order valence-corrected chi connectivity index (χ2v) is 11.0. The van der Waals surface area contributed by atoms with Gasteiger partial charge in [0, 0.05) is 75.8 Å². The fourth-order valence-corrected chi connectivity index (χ4v) is 6.80. The fourth-order valence-electron chi connectivity index (χ4n) is 6.80. The molecule has 0 bridgehead atoms. The molecule has 7 rings (SSSR count). The van der Waals surface area contributed by atoms with Crippen molar-refractivity contribution in [2.75, 3.05) is 82.0 Å². The molecule has 192 valence electrons. The third-order valence-corrected chi connectivity index (χ3v) is 8.92. The molecule has 0 aromatic heterocycles. The summed E-state index contributed by atoms with van der Waals surface area (Å²) < 4.78 is 11.2. The first-order chi connectivity index (χ1) is 17.8. The van der Waals surface area contributed by atoms with Crippen LogP contribution in [-0.4, -0.2) is 83.2 Å². The molecule has 0 aliphatic carbocycles. The minimum atomic E-state index is 0.349. The van der Waals surface area contributed by atoms with Crippen LogP contribution in [0.4, 0.5) is 11.4 Å². The molecule has 7 nitrogen and oxygen atoms in total. The molecule has 0 amide bonds. The summed E-state index contributed by atoms with van der Waals surface area (Å²) in [5, 5.41) is 7.51. The molecule has 5 aliphatic heterocycles. The van der Waals surface area contributed by atoms with E-state index in [1.54, 1.807) is 5.56 Å². The summed E-state index contributed by atoms with van der Waals surface area (Å²) in [5.74, 6) is 0. The zero-order valence-electron chi connectivity index (χ0n) is 21.3. The number of hydrogen-bond acceptors (Lipinski definition) is 7. The van der Waals surface area contributed by atoms with Crippen LogP contribution in [-0.2, 0) is 35.4 Å². The van der Waals surface area contributed by atoms with E-state index in [1.807, 2.05) is 0 Å². The number of benzene rings is 2. The molecule has 5 aliphatic rings. The highest BCUT2D eigenvalue weighted by molar-refractivity contribution is 5.63. The Balaban J connectivity index is 1.15. The van der Waals surface area contributed by atoms with E-state index in [1.165, 1.54) is 33.6 Å². The van der Waals surface area contributed by atoms with E-state index in [2.05, 4.69) is 55.7 Å². The monoisotopic (exact) mass is 489 g/mol. The van der Waals surface area contributed by atoms with Gasteiger partial charge < -0.3 is 29.9 Å². The number of rotatable bonds is 4. The van der Waals surface area contributed by atoms with Crippen LogP contribution in [0.1, 0.15) is 33.9 Å². The van der Waals surface area contributed by atoms with Crippen molar-refractivity contribution in [1.29, 1.82) is 0 Å². The van der Waals surface area contributed by atoms with E-state index in [-0.39, 0.29) is 0 Å². The number of morpholine rings is 2. The largest absolute Gasteiger partial charge is 0.379 e. The lowest BCUT2D eigenvalue weighted by Crippen LogP contribution is -2.62. The van der Waals surface area contributed by atoms with Gasteiger partial charge in [-0.25, -0.2) is 0 Å². The molecule has 7 heteroatoms. The molecule has 3 saturated heterocycles. The minimum Gasteiger partial charge on any atom is -0.379 e. The lowest BCUT2D eigenvalue weighted by molar-refractivity contribution is 0.0105. The Labute approximate surface area is 214 Å². The van der Waals surface area contributed by atoms with Gasteiger partial charge in [-0.2, -0.15) is 0 Å². The number of fused-ring (bicyclic) bond motifs is 2. The topological polar surface area (TPSA) is 52.2 Å². The van der Waals surface area contributed by atoms with E-state index in [0.717, 1.165) is 98.2 Å². The zero-order chi connectivity index (χ0) is 23.9. The van der Waals surface area contributed by atoms with Crippen LogP contribution >= 0.6 is 0 Å². The van der Waals surface area contributed by atoms with Crippen LogP contribution in [0.3, 0.4) is 0 Å². The third-order valence-electron chi connectivity index (χ3n) is 8.92. The molecule has 3 fully saturated rings. The second kappa shape index (κ2) is 9.95. The van der Waals surface area contributed by atoms with Gasteiger partial charge in [0.05, 0.1) is 26.4 Å². The smallest absolute Gasteiger partial charge is 0.0642 e. The Morgan fingerprint density at radius 3 is 2.42 bits per heavy atom. The SMILES string of the molecule is c1cc2c(c(N3CCOCC3)c1)CC(c1cc3c(c(N4CC(N5CCOCC5)C4)c1)CCNC3)NC2. The van der Waals surface area contributed by atoms with Crippen LogP contribution in [0.5, 0.6) is 0 Å². The van der Waals surface area contributed by atoms with Gasteiger partial charge in [0.15, 0.2) is 0 Å². The first-order valence-corrected chi connectivity index (χ1v) is 13.9. The van der Waals surface area contributed by atoms with Gasteiger partial charge in [-0.15, -0.1) is 0 Å². The predicted octanol–water partition coefficient (Wildman–Crippen LogP) is 2.08. The summed E-state index contributed by atoms with van der Waals surface area (Å²) >= 11 is 0. The van der Waals surface area contributed by atoms with Crippen molar-refractivity contribution < 1.29 is 9.47 Å². The predicted molar refractivity (Wildman–Crippen MR) is 143 cm³/mol. The Bertz CT molecular complexity index is 1090. The lowest BCUT2D eigenvalue weighted by Gasteiger charge is -2.49. The molecule has 1 unspecified atom stereocenters. The Kier molecular flexibility index (Phi) is 6.36. The van der Waals surface area contributed by atoms with Crippen LogP contribution in [0.15, 0.2) is 30.3 Å². The number of hydrogen-bond donors (Lipinski definition) is 2. The van der Waals surface area contributed by atoms with Gasteiger partial charge in [0.1, 0.15) is 0 Å². The number of nitrogens with zero attached hydrogens (tertiary/aromatic N) is 3. The standard InChI is InChI=1S/C29H39N5O2/c1-2-21-18-31-27(16-26(21)28(3-1)33-8-12-36-13-9-33)22-14-23-17-30-5-4-25(23)29(15-22)34-19-24(20-34)32-6-10-35-11-7-32/h1-3,14-15,24,27,30-31H,4-13,16-20H2. The maximum atomic E-state index is 5.63. The van der Waals surface area contributed by atoms with Gasteiger partial charge in [-0.1, -0.05) is 18.2 Å². The molecule has 0 radical (unpaired) electrons. The number of nitrogens with one attached hydrogen (secondary N) is 2. The van der Waals surface area contributed by atoms with Crippen molar-refractivity contribution in [2.45, 2.75) is 38.0 Å². The van der Waals surface area contributed by atoms with Crippen molar-refractivity contribution in [3.63, 3.8) is 0 Å². The van der Waals surface area contributed by atoms with Gasteiger partial charge >= 0.3 is 0 Å². The summed E-state index contributed by atoms with van der Waals surface area (Å²) in [6.45, 7) is 12.9. The highest BCUT2D eigenvalue weighted by Gasteiger charge is 2.35. The molecule has 36 heavy (non-hydrogen) atoms. The molecule has 1 atom stereocenters. The molecule has 2 aromatic carbocycles. The molecule has 0 spiro atoms. The Morgan fingerprint density at radius 1 is 0.778 bits per heavy atom. The van der Waals surface area contributed by atoms with Crippen molar-refractivity contribution in [1.82, 2.24) is 15.5 Å². The Morgan fingerprint density at radius 2 is 1.58 bits per heavy atom. The van der Waals surface area contributed by atoms with E-state index < -0.39 is 0 Å². The van der Waals surface area contributed by atoms with Gasteiger partial charge in [-0.3, -0.25) is 4.90 Å². The first-order valence-electron chi connectivity index (χ1n) is 13.9. The van der Waals surface area contributed by atoms with Gasteiger partial charge in [0.2, 0.25) is 0 Å². The third kappa shape index (κ3) is 4.31. The molecular weight excluding hydrogens is 450 g/mol. The first kappa shape index (κ1) is 23.0. The maximum Gasteiger partial charge on any atom is 0.0642 e. The molecule has 5 heterocycles. The van der Waals surface area contributed by atoms with Crippen molar-refractivity contribution in [3.05, 3.63) is 58.1 Å². The molecular formula is C29H39N5O2. The van der Waals surface area contributed by atoms with Crippen LogP contribution in [0, 0.1) is 0 Å². The van der Waals surface area contributed by atoms with Gasteiger partial charge in [-0.05, 0) is 59.3 Å².